The molecular weight excluding hydrogens is 418 g/mol. The molecule has 1 saturated heterocycles. The molecule has 7 heteroatoms. The maximum absolute atomic E-state index is 9.90. The van der Waals surface area contributed by atoms with Gasteiger partial charge in [0.15, 0.2) is 11.5 Å². The lowest BCUT2D eigenvalue weighted by Gasteiger charge is -2.23. The van der Waals surface area contributed by atoms with Crippen LogP contribution in [0, 0.1) is 11.3 Å². The topological polar surface area (TPSA) is 100 Å². The van der Waals surface area contributed by atoms with E-state index >= 15 is 0 Å². The molecule has 0 amide bonds. The quantitative estimate of drug-likeness (QED) is 0.450. The average Bonchev–Trinajstić information content (AvgIpc) is 3.28. The molecule has 1 aliphatic rings. The zero-order valence-electron chi connectivity index (χ0n) is 18.2. The van der Waals surface area contributed by atoms with E-state index in [4.69, 9.17) is 14.2 Å². The second-order valence-electron chi connectivity index (χ2n) is 7.96. The highest BCUT2D eigenvalue weighted by Gasteiger charge is 2.18. The molecule has 0 spiro atoms. The van der Waals surface area contributed by atoms with E-state index in [1.165, 1.54) is 7.11 Å². The third kappa shape index (κ3) is 4.09. The summed E-state index contributed by atoms with van der Waals surface area (Å²) < 4.78 is 16.7. The summed E-state index contributed by atoms with van der Waals surface area (Å²) in [7, 11) is 1.52. The van der Waals surface area contributed by atoms with Gasteiger partial charge in [0, 0.05) is 41.7 Å². The number of aromatic amines is 1. The number of H-pyrrole nitrogens is 1. The van der Waals surface area contributed by atoms with Crippen molar-refractivity contribution in [2.75, 3.05) is 20.3 Å². The van der Waals surface area contributed by atoms with Crippen molar-refractivity contribution in [2.24, 2.45) is 0 Å². The number of aromatic nitrogens is 2. The third-order valence-electron chi connectivity index (χ3n) is 5.92. The van der Waals surface area contributed by atoms with Crippen molar-refractivity contribution < 1.29 is 19.3 Å². The molecule has 3 heterocycles. The summed E-state index contributed by atoms with van der Waals surface area (Å²) in [6.07, 6.45) is 5.39. The largest absolute Gasteiger partial charge is 0.504 e. The summed E-state index contributed by atoms with van der Waals surface area (Å²) in [4.78, 5) is 7.77. The van der Waals surface area contributed by atoms with Crippen LogP contribution >= 0.6 is 0 Å². The molecule has 2 aromatic heterocycles. The predicted octanol–water partition coefficient (Wildman–Crippen LogP) is 5.04. The molecule has 0 atom stereocenters. The summed E-state index contributed by atoms with van der Waals surface area (Å²) in [5.41, 5.74) is 4.87. The van der Waals surface area contributed by atoms with E-state index in [1.54, 1.807) is 18.3 Å². The minimum absolute atomic E-state index is 0.0684. The maximum Gasteiger partial charge on any atom is 0.161 e. The number of phenolic OH excluding ortho intramolecular Hbond substituents is 1. The van der Waals surface area contributed by atoms with Crippen LogP contribution in [0.15, 0.2) is 54.9 Å². The van der Waals surface area contributed by atoms with Gasteiger partial charge in [-0.3, -0.25) is 0 Å². The second-order valence-corrected chi connectivity index (χ2v) is 7.96. The Bertz CT molecular complexity index is 1350. The monoisotopic (exact) mass is 441 g/mol. The van der Waals surface area contributed by atoms with Crippen molar-refractivity contribution in [3.63, 3.8) is 0 Å². The normalized spacial score (nSPS) is 14.2. The Morgan fingerprint density at radius 1 is 1.06 bits per heavy atom. The lowest BCUT2D eigenvalue weighted by molar-refractivity contribution is 0.0254. The van der Waals surface area contributed by atoms with Crippen LogP contribution in [-0.2, 0) is 4.74 Å². The number of pyridine rings is 1. The molecule has 0 unspecified atom stereocenters. The summed E-state index contributed by atoms with van der Waals surface area (Å²) in [5.74, 6) is 1.09. The summed E-state index contributed by atoms with van der Waals surface area (Å²) >= 11 is 0. The fourth-order valence-corrected chi connectivity index (χ4v) is 4.12. The Labute approximate surface area is 191 Å². The van der Waals surface area contributed by atoms with Gasteiger partial charge in [-0.1, -0.05) is 12.1 Å². The molecule has 33 heavy (non-hydrogen) atoms. The Hall–Kier alpha value is -4.02. The second kappa shape index (κ2) is 8.85. The van der Waals surface area contributed by atoms with Crippen LogP contribution in [0.4, 0.5) is 0 Å². The molecule has 7 nitrogen and oxygen atoms in total. The van der Waals surface area contributed by atoms with Crippen molar-refractivity contribution in [1.29, 1.82) is 5.26 Å². The number of ether oxygens (including phenoxy) is 3. The first-order valence-electron chi connectivity index (χ1n) is 10.8. The molecular formula is C26H23N3O4. The number of hydrogen-bond acceptors (Lipinski definition) is 6. The first-order valence-corrected chi connectivity index (χ1v) is 10.8. The van der Waals surface area contributed by atoms with Gasteiger partial charge < -0.3 is 24.3 Å². The fourth-order valence-electron chi connectivity index (χ4n) is 4.12. The van der Waals surface area contributed by atoms with Gasteiger partial charge in [0.2, 0.25) is 0 Å². The number of phenols is 1. The van der Waals surface area contributed by atoms with Crippen molar-refractivity contribution in [3.8, 4) is 45.6 Å². The van der Waals surface area contributed by atoms with Gasteiger partial charge in [-0.05, 0) is 41.5 Å². The van der Waals surface area contributed by atoms with Gasteiger partial charge in [-0.15, -0.1) is 0 Å². The molecule has 2 aromatic carbocycles. The minimum Gasteiger partial charge on any atom is -0.504 e. The Morgan fingerprint density at radius 3 is 2.67 bits per heavy atom. The molecule has 0 bridgehead atoms. The highest BCUT2D eigenvalue weighted by molar-refractivity contribution is 5.96. The van der Waals surface area contributed by atoms with Crippen molar-refractivity contribution in [1.82, 2.24) is 9.97 Å². The summed E-state index contributed by atoms with van der Waals surface area (Å²) in [6, 6.07) is 15.2. The Morgan fingerprint density at radius 2 is 1.88 bits per heavy atom. The molecule has 0 aliphatic carbocycles. The number of aromatic hydroxyl groups is 1. The highest BCUT2D eigenvalue weighted by atomic mass is 16.5. The molecule has 166 valence electrons. The Kier molecular flexibility index (Phi) is 5.59. The van der Waals surface area contributed by atoms with Crippen molar-refractivity contribution in [3.05, 3.63) is 60.4 Å². The van der Waals surface area contributed by atoms with E-state index in [0.717, 1.165) is 46.1 Å². The SMILES string of the molecule is COc1cc(-c2cnc3[nH]cc(-c4ccc(OC5CCOCC5)c(C#N)c4)c3c2)ccc1O. The number of methoxy groups -OCH3 is 1. The van der Waals surface area contributed by atoms with E-state index in [2.05, 4.69) is 16.0 Å². The fraction of sp³-hybridized carbons (Fsp3) is 0.231. The van der Waals surface area contributed by atoms with Crippen LogP contribution in [0.1, 0.15) is 18.4 Å². The minimum atomic E-state index is 0.0684. The lowest BCUT2D eigenvalue weighted by Crippen LogP contribution is -2.26. The number of fused-ring (bicyclic) bond motifs is 1. The van der Waals surface area contributed by atoms with E-state index in [-0.39, 0.29) is 11.9 Å². The molecule has 0 radical (unpaired) electrons. The van der Waals surface area contributed by atoms with Gasteiger partial charge in [0.1, 0.15) is 23.6 Å². The Balaban J connectivity index is 1.51. The molecule has 2 N–H and O–H groups in total. The predicted molar refractivity (Wildman–Crippen MR) is 124 cm³/mol. The van der Waals surface area contributed by atoms with Crippen LogP contribution in [0.5, 0.6) is 17.2 Å². The van der Waals surface area contributed by atoms with E-state index < -0.39 is 0 Å². The van der Waals surface area contributed by atoms with E-state index in [9.17, 15) is 10.4 Å². The summed E-state index contributed by atoms with van der Waals surface area (Å²) in [5, 5.41) is 20.6. The van der Waals surface area contributed by atoms with Gasteiger partial charge in [-0.25, -0.2) is 4.98 Å². The van der Waals surface area contributed by atoms with Crippen molar-refractivity contribution in [2.45, 2.75) is 18.9 Å². The maximum atomic E-state index is 9.90. The van der Waals surface area contributed by atoms with Crippen LogP contribution < -0.4 is 9.47 Å². The average molecular weight is 441 g/mol. The molecule has 0 saturated carbocycles. The van der Waals surface area contributed by atoms with Crippen LogP contribution in [0.2, 0.25) is 0 Å². The van der Waals surface area contributed by atoms with Gasteiger partial charge in [0.05, 0.1) is 25.9 Å². The lowest BCUT2D eigenvalue weighted by atomic mass is 10.0. The van der Waals surface area contributed by atoms with Crippen LogP contribution in [-0.4, -0.2) is 41.5 Å². The molecule has 1 aliphatic heterocycles. The summed E-state index contributed by atoms with van der Waals surface area (Å²) in [6.45, 7) is 1.37. The van der Waals surface area contributed by atoms with Gasteiger partial charge in [-0.2, -0.15) is 5.26 Å². The zero-order valence-corrected chi connectivity index (χ0v) is 18.2. The first-order chi connectivity index (χ1) is 16.2. The zero-order chi connectivity index (χ0) is 22.8. The van der Waals surface area contributed by atoms with Gasteiger partial charge in [0.25, 0.3) is 0 Å². The molecule has 1 fully saturated rings. The number of nitriles is 1. The van der Waals surface area contributed by atoms with Crippen LogP contribution in [0.25, 0.3) is 33.3 Å². The van der Waals surface area contributed by atoms with E-state index in [1.807, 2.05) is 36.5 Å². The van der Waals surface area contributed by atoms with Crippen molar-refractivity contribution >= 4 is 11.0 Å². The molecule has 5 rings (SSSR count). The first kappa shape index (κ1) is 20.9. The number of nitrogens with one attached hydrogen (secondary N) is 1. The molecule has 4 aromatic rings. The number of rotatable bonds is 5. The smallest absolute Gasteiger partial charge is 0.161 e. The van der Waals surface area contributed by atoms with E-state index in [0.29, 0.717) is 30.3 Å². The highest BCUT2D eigenvalue weighted by Crippen LogP contribution is 2.36. The third-order valence-corrected chi connectivity index (χ3v) is 5.92. The van der Waals surface area contributed by atoms with Crippen LogP contribution in [0.3, 0.4) is 0 Å². The standard InChI is InChI=1S/C26H23N3O4/c1-31-25-12-16(2-4-23(25)30)19-11-21-22(15-29-26(21)28-14-19)17-3-5-24(18(10-17)13-27)33-20-6-8-32-9-7-20/h2-5,10-12,14-15,20,30H,6-9H2,1H3,(H,28,29). The number of hydrogen-bond donors (Lipinski definition) is 2. The number of benzene rings is 2. The number of nitrogens with zero attached hydrogens (tertiary/aromatic N) is 2. The van der Waals surface area contributed by atoms with Gasteiger partial charge >= 0.3 is 0 Å².